The molecule has 3 aromatic rings. The van der Waals surface area contributed by atoms with Crippen LogP contribution in [0.15, 0.2) is 49.1 Å². The van der Waals surface area contributed by atoms with Crippen LogP contribution in [0.5, 0.6) is 0 Å². The maximum absolute atomic E-state index is 14.1. The summed E-state index contributed by atoms with van der Waals surface area (Å²) in [4.78, 5) is 97.1. The minimum Gasteiger partial charge on any atom is -0.379 e. The number of halogens is 3. The maximum atomic E-state index is 14.1. The third-order valence-electron chi connectivity index (χ3n) is 14.9. The minimum atomic E-state index is -4.56. The van der Waals surface area contributed by atoms with Gasteiger partial charge in [0.25, 0.3) is 0 Å². The van der Waals surface area contributed by atoms with E-state index in [4.69, 9.17) is 9.47 Å². The van der Waals surface area contributed by atoms with Crippen molar-refractivity contribution in [1.29, 1.82) is 0 Å². The highest BCUT2D eigenvalue weighted by Gasteiger charge is 2.45. The molecule has 1 aromatic carbocycles. The third kappa shape index (κ3) is 14.2. The molecule has 4 heterocycles. The van der Waals surface area contributed by atoms with Crippen molar-refractivity contribution in [3.8, 4) is 0 Å². The van der Waals surface area contributed by atoms with Crippen molar-refractivity contribution < 1.29 is 51.4 Å². The van der Waals surface area contributed by atoms with E-state index in [2.05, 4.69) is 67.3 Å². The van der Waals surface area contributed by atoms with Gasteiger partial charge in [0.2, 0.25) is 35.4 Å². The first kappa shape index (κ1) is 54.8. The molecule has 22 heteroatoms. The predicted octanol–water partition coefficient (Wildman–Crippen LogP) is 3.74. The number of pyridine rings is 1. The van der Waals surface area contributed by atoms with Crippen LogP contribution in [0.4, 0.5) is 19.0 Å². The maximum Gasteiger partial charge on any atom is 0.416 e. The molecular weight excluding hydrogens is 952 g/mol. The zero-order chi connectivity index (χ0) is 52.2. The summed E-state index contributed by atoms with van der Waals surface area (Å²) in [7, 11) is 2.07. The van der Waals surface area contributed by atoms with Crippen LogP contribution in [0.1, 0.15) is 102 Å². The zero-order valence-corrected chi connectivity index (χ0v) is 42.1. The lowest BCUT2D eigenvalue weighted by Crippen LogP contribution is -2.59. The Balaban J connectivity index is 0.779. The molecule has 4 aliphatic rings. The second kappa shape index (κ2) is 25.3. The van der Waals surface area contributed by atoms with Crippen molar-refractivity contribution >= 4 is 52.2 Å². The number of amides is 6. The summed E-state index contributed by atoms with van der Waals surface area (Å²) in [6.45, 7) is 7.87. The second-order valence-electron chi connectivity index (χ2n) is 19.8. The highest BCUT2D eigenvalue weighted by Crippen LogP contribution is 2.38. The fourth-order valence-corrected chi connectivity index (χ4v) is 10.7. The topological polar surface area (TPSA) is 229 Å². The van der Waals surface area contributed by atoms with Crippen LogP contribution < -0.4 is 26.6 Å². The van der Waals surface area contributed by atoms with Crippen molar-refractivity contribution in [3.63, 3.8) is 0 Å². The fourth-order valence-electron chi connectivity index (χ4n) is 10.7. The molecule has 5 N–H and O–H groups in total. The summed E-state index contributed by atoms with van der Waals surface area (Å²) < 4.78 is 51.9. The molecule has 0 spiro atoms. The van der Waals surface area contributed by atoms with Gasteiger partial charge in [-0.1, -0.05) is 6.07 Å². The van der Waals surface area contributed by atoms with Crippen molar-refractivity contribution in [2.24, 2.45) is 11.8 Å². The van der Waals surface area contributed by atoms with E-state index in [0.29, 0.717) is 63.6 Å². The van der Waals surface area contributed by atoms with Crippen molar-refractivity contribution in [1.82, 2.24) is 50.9 Å². The first-order valence-corrected chi connectivity index (χ1v) is 25.6. The highest BCUT2D eigenvalue weighted by molar-refractivity contribution is 5.94. The molecule has 2 aliphatic carbocycles. The Labute approximate surface area is 423 Å². The molecule has 2 saturated heterocycles. The number of anilines is 1. The number of likely N-dealkylation sites (tertiary alicyclic amines) is 2. The van der Waals surface area contributed by atoms with Crippen LogP contribution in [0.25, 0.3) is 10.9 Å². The fraction of sp³-hybridized carbons (Fsp3) is 0.627. The summed E-state index contributed by atoms with van der Waals surface area (Å²) in [5, 5.41) is 15.1. The quantitative estimate of drug-likeness (QED) is 0.0906. The Morgan fingerprint density at radius 2 is 1.66 bits per heavy atom. The Morgan fingerprint density at radius 1 is 0.890 bits per heavy atom. The van der Waals surface area contributed by atoms with Gasteiger partial charge in [0.05, 0.1) is 68.1 Å². The molecule has 73 heavy (non-hydrogen) atoms. The molecule has 398 valence electrons. The summed E-state index contributed by atoms with van der Waals surface area (Å²) in [6, 6.07) is 5.52. The number of aromatic nitrogens is 3. The number of alkyl halides is 3. The number of fused-ring (bicyclic) bond motifs is 1. The normalized spacial score (nSPS) is 24.6. The molecule has 0 bridgehead atoms. The molecular formula is C51H70F3N11O8. The summed E-state index contributed by atoms with van der Waals surface area (Å²) >= 11 is 0. The molecule has 6 atom stereocenters. The minimum absolute atomic E-state index is 0.0553. The van der Waals surface area contributed by atoms with E-state index in [9.17, 15) is 41.9 Å². The van der Waals surface area contributed by atoms with Gasteiger partial charge in [-0.2, -0.15) is 13.2 Å². The summed E-state index contributed by atoms with van der Waals surface area (Å²) in [5.41, 5.74) is 0.259. The van der Waals surface area contributed by atoms with Gasteiger partial charge >= 0.3 is 6.18 Å². The van der Waals surface area contributed by atoms with Gasteiger partial charge in [0.15, 0.2) is 0 Å². The van der Waals surface area contributed by atoms with Gasteiger partial charge in [0, 0.05) is 74.3 Å². The number of nitrogens with one attached hydrogen (secondary N) is 5. The number of hydrogen-bond acceptors (Lipinski definition) is 13. The molecule has 7 rings (SSSR count). The Morgan fingerprint density at radius 3 is 2.37 bits per heavy atom. The lowest BCUT2D eigenvalue weighted by molar-refractivity contribution is -0.137. The van der Waals surface area contributed by atoms with Gasteiger partial charge in [-0.05, 0) is 109 Å². The standard InChI is InChI=1S/C51H70F3N11O8/c1-5-64-45(68)27-38(46(64)33-7-6-18-55-28-33)49(70)57-29-44(67)56-19-22-73-24-23-72-21-17-43(66)60-35-11-8-32(9-12-35)48(69)62-41-26-36(63(4)31(2)3)13-15-42(41)65-20-16-40(50(65)71)61-47-37-25-34(51(52,53)54)10-14-39(37)58-30-59-47/h6-7,10,14,18,25,28,30-32,35-36,38,40-42,46H,5,8-9,11-13,15-17,19-24,26-27,29H2,1-4H3,(H,56,67)(H,57,70)(H,60,66)(H,62,69)(H,58,59,61)/t32?,35?,36-,38+,40+,41-,42+,46-/m1/s1. The van der Waals surface area contributed by atoms with E-state index in [1.165, 1.54) is 12.4 Å². The van der Waals surface area contributed by atoms with E-state index in [-0.39, 0.29) is 135 Å². The number of carbonyl (C=O) groups is 6. The van der Waals surface area contributed by atoms with Gasteiger partial charge in [-0.15, -0.1) is 0 Å². The predicted molar refractivity (Wildman–Crippen MR) is 263 cm³/mol. The Hall–Kier alpha value is -6.00. The molecule has 0 radical (unpaired) electrons. The molecule has 2 aromatic heterocycles. The molecule has 19 nitrogen and oxygen atoms in total. The third-order valence-corrected chi connectivity index (χ3v) is 14.9. The van der Waals surface area contributed by atoms with Gasteiger partial charge < -0.3 is 50.8 Å². The lowest BCUT2D eigenvalue weighted by Gasteiger charge is -2.45. The zero-order valence-electron chi connectivity index (χ0n) is 42.1. The number of ether oxygens (including phenoxy) is 2. The molecule has 0 unspecified atom stereocenters. The summed E-state index contributed by atoms with van der Waals surface area (Å²) in [6.07, 6.45) is 5.25. The average Bonchev–Trinajstić information content (AvgIpc) is 3.92. The first-order chi connectivity index (χ1) is 35.0. The van der Waals surface area contributed by atoms with Gasteiger partial charge in [0.1, 0.15) is 18.2 Å². The Kier molecular flexibility index (Phi) is 19.0. The van der Waals surface area contributed by atoms with Crippen LogP contribution in [-0.4, -0.2) is 161 Å². The summed E-state index contributed by atoms with van der Waals surface area (Å²) in [5.74, 6) is -2.02. The Bertz CT molecular complexity index is 2390. The van der Waals surface area contributed by atoms with E-state index in [1.807, 2.05) is 17.9 Å². The number of benzene rings is 1. The number of carbonyl (C=O) groups excluding carboxylic acids is 6. The largest absolute Gasteiger partial charge is 0.416 e. The van der Waals surface area contributed by atoms with E-state index >= 15 is 0 Å². The van der Waals surface area contributed by atoms with E-state index in [1.54, 1.807) is 23.4 Å². The van der Waals surface area contributed by atoms with Crippen LogP contribution in [0.3, 0.4) is 0 Å². The van der Waals surface area contributed by atoms with Crippen LogP contribution in [-0.2, 0) is 44.4 Å². The lowest BCUT2D eigenvalue weighted by atomic mass is 9.82. The second-order valence-corrected chi connectivity index (χ2v) is 19.8. The van der Waals surface area contributed by atoms with Crippen LogP contribution in [0.2, 0.25) is 0 Å². The molecule has 6 amide bonds. The SMILES string of the molecule is CCN1C(=O)C[C@H](C(=O)NCC(=O)NCCOCCOCCC(=O)NC2CCC(C(=O)N[C@@H]3C[C@H](N(C)C(C)C)CC[C@@H]3N3CC[C@H](Nc4ncnc5ccc(C(F)(F)F)cc45)C3=O)CC2)[C@H]1c1cccnc1. The molecule has 2 aliphatic heterocycles. The molecule has 4 fully saturated rings. The average molecular weight is 1020 g/mol. The van der Waals surface area contributed by atoms with Crippen molar-refractivity contribution in [2.75, 3.05) is 65.0 Å². The number of nitrogens with zero attached hydrogens (tertiary/aromatic N) is 6. The number of hydrogen-bond donors (Lipinski definition) is 5. The smallest absolute Gasteiger partial charge is 0.379 e. The monoisotopic (exact) mass is 1020 g/mol. The van der Waals surface area contributed by atoms with E-state index < -0.39 is 29.7 Å². The van der Waals surface area contributed by atoms with E-state index in [0.717, 1.165) is 24.1 Å². The van der Waals surface area contributed by atoms with Crippen molar-refractivity contribution in [2.45, 2.75) is 133 Å². The highest BCUT2D eigenvalue weighted by atomic mass is 19.4. The van der Waals surface area contributed by atoms with Crippen molar-refractivity contribution in [3.05, 3.63) is 60.2 Å². The first-order valence-electron chi connectivity index (χ1n) is 25.6. The van der Waals surface area contributed by atoms with Gasteiger partial charge in [-0.25, -0.2) is 9.97 Å². The van der Waals surface area contributed by atoms with Gasteiger partial charge in [-0.3, -0.25) is 33.8 Å². The number of rotatable bonds is 22. The molecule has 2 saturated carbocycles. The van der Waals surface area contributed by atoms with Crippen LogP contribution in [0, 0.1) is 11.8 Å². The van der Waals surface area contributed by atoms with Crippen LogP contribution >= 0.6 is 0 Å².